The SMILES string of the molecule is CC(=O)c1ccc(-c2ccc(Br)cc2)s1. The van der Waals surface area contributed by atoms with E-state index in [-0.39, 0.29) is 5.78 Å². The first-order chi connectivity index (χ1) is 7.16. The van der Waals surface area contributed by atoms with E-state index in [2.05, 4.69) is 15.9 Å². The largest absolute Gasteiger partial charge is 0.294 e. The molecule has 0 aliphatic carbocycles. The molecular weight excluding hydrogens is 272 g/mol. The first-order valence-electron chi connectivity index (χ1n) is 4.53. The van der Waals surface area contributed by atoms with Crippen molar-refractivity contribution in [2.75, 3.05) is 0 Å². The first kappa shape index (κ1) is 10.6. The Morgan fingerprint density at radius 1 is 1.13 bits per heavy atom. The molecule has 2 rings (SSSR count). The molecule has 0 fully saturated rings. The van der Waals surface area contributed by atoms with Gasteiger partial charge in [0.15, 0.2) is 5.78 Å². The smallest absolute Gasteiger partial charge is 0.169 e. The van der Waals surface area contributed by atoms with Crippen molar-refractivity contribution >= 4 is 33.0 Å². The third-order valence-corrected chi connectivity index (χ3v) is 3.85. The van der Waals surface area contributed by atoms with Crippen LogP contribution in [-0.2, 0) is 0 Å². The molecule has 0 saturated carbocycles. The molecule has 0 atom stereocenters. The van der Waals surface area contributed by atoms with Crippen molar-refractivity contribution in [3.05, 3.63) is 45.7 Å². The Hall–Kier alpha value is -0.930. The van der Waals surface area contributed by atoms with Gasteiger partial charge in [0.1, 0.15) is 0 Å². The summed E-state index contributed by atoms with van der Waals surface area (Å²) in [5.74, 6) is 0.128. The van der Waals surface area contributed by atoms with Crippen LogP contribution in [0.15, 0.2) is 40.9 Å². The van der Waals surface area contributed by atoms with Crippen LogP contribution in [0.5, 0.6) is 0 Å². The molecule has 76 valence electrons. The lowest BCUT2D eigenvalue weighted by molar-refractivity contribution is 0.102. The molecule has 0 N–H and O–H groups in total. The molecule has 0 amide bonds. The zero-order valence-corrected chi connectivity index (χ0v) is 10.6. The topological polar surface area (TPSA) is 17.1 Å². The highest BCUT2D eigenvalue weighted by Crippen LogP contribution is 2.29. The third kappa shape index (κ3) is 2.36. The first-order valence-corrected chi connectivity index (χ1v) is 6.14. The number of benzene rings is 1. The molecular formula is C12H9BrOS. The zero-order chi connectivity index (χ0) is 10.8. The van der Waals surface area contributed by atoms with Gasteiger partial charge in [-0.1, -0.05) is 28.1 Å². The lowest BCUT2D eigenvalue weighted by atomic mass is 10.2. The van der Waals surface area contributed by atoms with Gasteiger partial charge in [0.05, 0.1) is 4.88 Å². The number of halogens is 1. The van der Waals surface area contributed by atoms with E-state index in [1.54, 1.807) is 6.92 Å². The maximum Gasteiger partial charge on any atom is 0.169 e. The van der Waals surface area contributed by atoms with Gasteiger partial charge in [-0.25, -0.2) is 0 Å². The monoisotopic (exact) mass is 280 g/mol. The molecule has 15 heavy (non-hydrogen) atoms. The fourth-order valence-electron chi connectivity index (χ4n) is 1.30. The Bertz CT molecular complexity index is 485. The Morgan fingerprint density at radius 3 is 2.33 bits per heavy atom. The molecule has 0 radical (unpaired) electrons. The minimum absolute atomic E-state index is 0.128. The van der Waals surface area contributed by atoms with Crippen LogP contribution >= 0.6 is 27.3 Å². The molecule has 0 bridgehead atoms. The number of hydrogen-bond acceptors (Lipinski definition) is 2. The van der Waals surface area contributed by atoms with Crippen molar-refractivity contribution in [3.63, 3.8) is 0 Å². The number of thiophene rings is 1. The van der Waals surface area contributed by atoms with Crippen LogP contribution in [0.3, 0.4) is 0 Å². The molecule has 0 aliphatic heterocycles. The Morgan fingerprint density at radius 2 is 1.80 bits per heavy atom. The molecule has 0 unspecified atom stereocenters. The van der Waals surface area contributed by atoms with E-state index in [1.807, 2.05) is 36.4 Å². The molecule has 2 aromatic rings. The highest BCUT2D eigenvalue weighted by Gasteiger charge is 2.05. The van der Waals surface area contributed by atoms with Gasteiger partial charge in [-0.15, -0.1) is 11.3 Å². The maximum atomic E-state index is 11.1. The summed E-state index contributed by atoms with van der Waals surface area (Å²) in [6, 6.07) is 12.0. The van der Waals surface area contributed by atoms with Crippen molar-refractivity contribution in [1.29, 1.82) is 0 Å². The van der Waals surface area contributed by atoms with Gasteiger partial charge < -0.3 is 0 Å². The molecule has 0 saturated heterocycles. The third-order valence-electron chi connectivity index (χ3n) is 2.08. The minimum atomic E-state index is 0.128. The van der Waals surface area contributed by atoms with Gasteiger partial charge in [-0.05, 0) is 36.8 Å². The van der Waals surface area contributed by atoms with E-state index in [1.165, 1.54) is 11.3 Å². The van der Waals surface area contributed by atoms with Gasteiger partial charge in [-0.2, -0.15) is 0 Å². The summed E-state index contributed by atoms with van der Waals surface area (Å²) in [6.07, 6.45) is 0. The van der Waals surface area contributed by atoms with Crippen LogP contribution in [0, 0.1) is 0 Å². The van der Waals surface area contributed by atoms with E-state index in [4.69, 9.17) is 0 Å². The van der Waals surface area contributed by atoms with E-state index < -0.39 is 0 Å². The van der Waals surface area contributed by atoms with Crippen molar-refractivity contribution in [2.45, 2.75) is 6.92 Å². The number of carbonyl (C=O) groups is 1. The van der Waals surface area contributed by atoms with Crippen LogP contribution in [0.25, 0.3) is 10.4 Å². The normalized spacial score (nSPS) is 10.3. The van der Waals surface area contributed by atoms with Crippen LogP contribution in [0.2, 0.25) is 0 Å². The standard InChI is InChI=1S/C12H9BrOS/c1-8(14)11-6-7-12(15-11)9-2-4-10(13)5-3-9/h2-7H,1H3. The summed E-state index contributed by atoms with van der Waals surface area (Å²) in [5, 5.41) is 0. The summed E-state index contributed by atoms with van der Waals surface area (Å²) in [6.45, 7) is 1.59. The van der Waals surface area contributed by atoms with Gasteiger partial charge >= 0.3 is 0 Å². The van der Waals surface area contributed by atoms with Gasteiger partial charge in [0.2, 0.25) is 0 Å². The molecule has 0 spiro atoms. The number of rotatable bonds is 2. The summed E-state index contributed by atoms with van der Waals surface area (Å²) >= 11 is 4.93. The Labute approximate surface area is 101 Å². The average Bonchev–Trinajstić information content (AvgIpc) is 2.68. The minimum Gasteiger partial charge on any atom is -0.294 e. The van der Waals surface area contributed by atoms with Crippen molar-refractivity contribution in [3.8, 4) is 10.4 Å². The van der Waals surface area contributed by atoms with Gasteiger partial charge in [0.25, 0.3) is 0 Å². The second kappa shape index (κ2) is 4.29. The number of ketones is 1. The second-order valence-corrected chi connectivity index (χ2v) is 5.23. The Kier molecular flexibility index (Phi) is 3.03. The van der Waals surface area contributed by atoms with Crippen LogP contribution in [-0.4, -0.2) is 5.78 Å². The summed E-state index contributed by atoms with van der Waals surface area (Å²) in [7, 11) is 0. The zero-order valence-electron chi connectivity index (χ0n) is 8.16. The number of carbonyl (C=O) groups excluding carboxylic acids is 1. The highest BCUT2D eigenvalue weighted by molar-refractivity contribution is 9.10. The quantitative estimate of drug-likeness (QED) is 0.746. The van der Waals surface area contributed by atoms with Crippen molar-refractivity contribution in [1.82, 2.24) is 0 Å². The van der Waals surface area contributed by atoms with Crippen LogP contribution in [0.4, 0.5) is 0 Å². The summed E-state index contributed by atoms with van der Waals surface area (Å²) in [5.41, 5.74) is 1.15. The maximum absolute atomic E-state index is 11.1. The summed E-state index contributed by atoms with van der Waals surface area (Å²) < 4.78 is 1.06. The average molecular weight is 281 g/mol. The number of hydrogen-bond donors (Lipinski definition) is 0. The lowest BCUT2D eigenvalue weighted by Crippen LogP contribution is -1.83. The van der Waals surface area contributed by atoms with Gasteiger partial charge in [0, 0.05) is 9.35 Å². The Balaban J connectivity index is 2.37. The lowest BCUT2D eigenvalue weighted by Gasteiger charge is -1.96. The predicted molar refractivity (Wildman–Crippen MR) is 67.5 cm³/mol. The van der Waals surface area contributed by atoms with Crippen LogP contribution in [0.1, 0.15) is 16.6 Å². The molecule has 1 aromatic heterocycles. The highest BCUT2D eigenvalue weighted by atomic mass is 79.9. The van der Waals surface area contributed by atoms with Crippen molar-refractivity contribution in [2.24, 2.45) is 0 Å². The van der Waals surface area contributed by atoms with E-state index in [0.717, 1.165) is 19.8 Å². The second-order valence-electron chi connectivity index (χ2n) is 3.23. The van der Waals surface area contributed by atoms with Gasteiger partial charge in [-0.3, -0.25) is 4.79 Å². The van der Waals surface area contributed by atoms with Crippen molar-refractivity contribution < 1.29 is 4.79 Å². The predicted octanol–water partition coefficient (Wildman–Crippen LogP) is 4.38. The van der Waals surface area contributed by atoms with Crippen LogP contribution < -0.4 is 0 Å². The molecule has 1 nitrogen and oxygen atoms in total. The summed E-state index contributed by atoms with van der Waals surface area (Å²) in [4.78, 5) is 13.1. The molecule has 3 heteroatoms. The fraction of sp³-hybridized carbons (Fsp3) is 0.0833. The molecule has 0 aliphatic rings. The fourth-order valence-corrected chi connectivity index (χ4v) is 2.47. The molecule has 1 aromatic carbocycles. The van der Waals surface area contributed by atoms with E-state index in [0.29, 0.717) is 0 Å². The number of Topliss-reactive ketones (excluding diaryl/α,β-unsaturated/α-hetero) is 1. The molecule has 1 heterocycles. The van der Waals surface area contributed by atoms with E-state index in [9.17, 15) is 4.79 Å². The van der Waals surface area contributed by atoms with E-state index >= 15 is 0 Å².